The summed E-state index contributed by atoms with van der Waals surface area (Å²) in [5.74, 6) is -0.247. The van der Waals surface area contributed by atoms with Crippen molar-refractivity contribution >= 4 is 26.5 Å². The second-order valence-electron chi connectivity index (χ2n) is 8.45. The molecule has 0 spiro atoms. The standard InChI is InChI=1S/C19H40NO7PS/c1-5-6-7-8-9-10-11-12-13-18(22)19(14-20(2,3)4)27-28(23,24)25-15-17(21)16-26-29/h17,19,21H,5-16H2,1-4H3,(H-,23,24,29)/t17-,19?/m0/s1. The summed E-state index contributed by atoms with van der Waals surface area (Å²) in [5.41, 5.74) is 0. The van der Waals surface area contributed by atoms with Crippen LogP contribution in [0, 0.1) is 0 Å². The number of likely N-dealkylation sites (N-methyl/N-ethyl adjacent to an activating group) is 1. The van der Waals surface area contributed by atoms with E-state index in [2.05, 4.69) is 28.5 Å². The van der Waals surface area contributed by atoms with Gasteiger partial charge in [0.2, 0.25) is 0 Å². The van der Waals surface area contributed by atoms with Crippen molar-refractivity contribution in [3.05, 3.63) is 0 Å². The van der Waals surface area contributed by atoms with Crippen molar-refractivity contribution in [1.29, 1.82) is 0 Å². The number of carbonyl (C=O) groups is 1. The highest BCUT2D eigenvalue weighted by molar-refractivity contribution is 7.75. The molecule has 0 radical (unpaired) electrons. The summed E-state index contributed by atoms with van der Waals surface area (Å²) in [4.78, 5) is 24.7. The fraction of sp³-hybridized carbons (Fsp3) is 0.947. The first-order chi connectivity index (χ1) is 13.5. The maximum Gasteiger partial charge on any atom is 0.268 e. The highest BCUT2D eigenvalue weighted by atomic mass is 32.1. The molecule has 10 heteroatoms. The maximum atomic E-state index is 12.6. The fourth-order valence-corrected chi connectivity index (χ4v) is 3.87. The molecular weight excluding hydrogens is 417 g/mol. The zero-order valence-electron chi connectivity index (χ0n) is 18.4. The number of thiol groups is 1. The van der Waals surface area contributed by atoms with Gasteiger partial charge in [0, 0.05) is 6.42 Å². The number of carbonyl (C=O) groups excluding carboxylic acids is 1. The minimum atomic E-state index is -4.75. The van der Waals surface area contributed by atoms with Gasteiger partial charge in [0.25, 0.3) is 7.82 Å². The van der Waals surface area contributed by atoms with Crippen molar-refractivity contribution in [3.63, 3.8) is 0 Å². The molecule has 0 saturated carbocycles. The zero-order valence-corrected chi connectivity index (χ0v) is 20.2. The Morgan fingerprint density at radius 2 is 1.62 bits per heavy atom. The van der Waals surface area contributed by atoms with Gasteiger partial charge >= 0.3 is 0 Å². The Morgan fingerprint density at radius 1 is 1.07 bits per heavy atom. The van der Waals surface area contributed by atoms with E-state index in [9.17, 15) is 19.4 Å². The van der Waals surface area contributed by atoms with Crippen LogP contribution in [0.3, 0.4) is 0 Å². The molecule has 0 amide bonds. The van der Waals surface area contributed by atoms with E-state index in [1.165, 1.54) is 25.7 Å². The summed E-state index contributed by atoms with van der Waals surface area (Å²) in [5, 5.41) is 9.49. The quantitative estimate of drug-likeness (QED) is 0.101. The predicted molar refractivity (Wildman–Crippen MR) is 115 cm³/mol. The number of nitrogens with zero attached hydrogens (tertiary/aromatic N) is 1. The number of Topliss-reactive ketones (excluding diaryl/α,β-unsaturated/α-hetero) is 1. The van der Waals surface area contributed by atoms with Gasteiger partial charge in [-0.2, -0.15) is 0 Å². The monoisotopic (exact) mass is 457 g/mol. The number of unbranched alkanes of at least 4 members (excludes halogenated alkanes) is 7. The number of hydrogen-bond acceptors (Lipinski definition) is 8. The van der Waals surface area contributed by atoms with Gasteiger partial charge in [0.1, 0.15) is 12.6 Å². The van der Waals surface area contributed by atoms with Crippen LogP contribution >= 0.6 is 20.7 Å². The van der Waals surface area contributed by atoms with Gasteiger partial charge in [0.15, 0.2) is 11.9 Å². The van der Waals surface area contributed by atoms with E-state index in [4.69, 9.17) is 4.52 Å². The Balaban J connectivity index is 4.52. The molecular formula is C19H40NO7PS. The van der Waals surface area contributed by atoms with Gasteiger partial charge in [0.05, 0.1) is 34.4 Å². The number of phosphoric ester groups is 1. The molecule has 1 N–H and O–H groups in total. The first kappa shape index (κ1) is 29.0. The molecule has 2 unspecified atom stereocenters. The van der Waals surface area contributed by atoms with Gasteiger partial charge in [-0.15, -0.1) is 0 Å². The van der Waals surface area contributed by atoms with Gasteiger partial charge in [-0.25, -0.2) is 0 Å². The molecule has 0 rings (SSSR count). The average molecular weight is 458 g/mol. The predicted octanol–water partition coefficient (Wildman–Crippen LogP) is 2.89. The summed E-state index contributed by atoms with van der Waals surface area (Å²) in [6.07, 6.45) is 6.84. The van der Waals surface area contributed by atoms with E-state index >= 15 is 0 Å². The van der Waals surface area contributed by atoms with Crippen LogP contribution in [0.15, 0.2) is 0 Å². The second kappa shape index (κ2) is 15.8. The van der Waals surface area contributed by atoms with E-state index < -0.39 is 26.6 Å². The summed E-state index contributed by atoms with van der Waals surface area (Å²) in [6, 6.07) is 0. The third-order valence-corrected chi connectivity index (χ3v) is 5.42. The molecule has 0 aromatic carbocycles. The third kappa shape index (κ3) is 17.4. The molecule has 0 aliphatic rings. The van der Waals surface area contributed by atoms with Crippen LogP contribution in [0.5, 0.6) is 0 Å². The fourth-order valence-electron chi connectivity index (χ4n) is 2.78. The van der Waals surface area contributed by atoms with Crippen LogP contribution < -0.4 is 4.89 Å². The van der Waals surface area contributed by atoms with Crippen LogP contribution in [0.4, 0.5) is 0 Å². The molecule has 0 fully saturated rings. The van der Waals surface area contributed by atoms with Crippen molar-refractivity contribution in [2.75, 3.05) is 40.9 Å². The van der Waals surface area contributed by atoms with Crippen molar-refractivity contribution in [2.45, 2.75) is 76.9 Å². The molecule has 0 aromatic heterocycles. The topological polar surface area (TPSA) is 105 Å². The van der Waals surface area contributed by atoms with E-state index in [0.717, 1.165) is 19.3 Å². The van der Waals surface area contributed by atoms with E-state index in [1.807, 2.05) is 21.1 Å². The number of aliphatic hydroxyl groups is 1. The molecule has 0 saturated heterocycles. The molecule has 0 heterocycles. The Hall–Kier alpha value is 0.0100. The Kier molecular flexibility index (Phi) is 15.8. The van der Waals surface area contributed by atoms with Crippen molar-refractivity contribution in [1.82, 2.24) is 0 Å². The third-order valence-electron chi connectivity index (χ3n) is 4.30. The van der Waals surface area contributed by atoms with Gasteiger partial charge in [-0.05, 0) is 19.3 Å². The summed E-state index contributed by atoms with van der Waals surface area (Å²) in [6.45, 7) is 1.67. The van der Waals surface area contributed by atoms with E-state index in [0.29, 0.717) is 10.9 Å². The molecule has 3 atom stereocenters. The van der Waals surface area contributed by atoms with Crippen molar-refractivity contribution < 1.29 is 37.1 Å². The first-order valence-corrected chi connectivity index (χ1v) is 12.2. The first-order valence-electron chi connectivity index (χ1n) is 10.4. The van der Waals surface area contributed by atoms with E-state index in [1.54, 1.807) is 0 Å². The van der Waals surface area contributed by atoms with Gasteiger partial charge in [-0.1, -0.05) is 51.9 Å². The summed E-state index contributed by atoms with van der Waals surface area (Å²) in [7, 11) is 0.806. The largest absolute Gasteiger partial charge is 0.756 e. The lowest BCUT2D eigenvalue weighted by Crippen LogP contribution is -2.45. The van der Waals surface area contributed by atoms with Crippen LogP contribution in [0.1, 0.15) is 64.7 Å². The number of hydrogen-bond donors (Lipinski definition) is 2. The lowest BCUT2D eigenvalue weighted by molar-refractivity contribution is -0.872. The van der Waals surface area contributed by atoms with Crippen molar-refractivity contribution in [3.8, 4) is 0 Å². The molecule has 0 aliphatic carbocycles. The average Bonchev–Trinajstić information content (AvgIpc) is 2.60. The number of rotatable bonds is 19. The number of ketones is 1. The number of aliphatic hydroxyl groups excluding tert-OH is 1. The zero-order chi connectivity index (χ0) is 22.3. The number of quaternary nitrogens is 1. The van der Waals surface area contributed by atoms with Crippen LogP contribution in [-0.2, 0) is 22.6 Å². The summed E-state index contributed by atoms with van der Waals surface area (Å²) < 4.78 is 26.6. The van der Waals surface area contributed by atoms with Crippen LogP contribution in [-0.4, -0.2) is 68.5 Å². The Labute approximate surface area is 181 Å². The number of phosphoric acid groups is 1. The minimum absolute atomic E-state index is 0.192. The Bertz CT molecular complexity index is 488. The van der Waals surface area contributed by atoms with Gasteiger partial charge < -0.3 is 27.7 Å². The lowest BCUT2D eigenvalue weighted by Gasteiger charge is -2.32. The van der Waals surface area contributed by atoms with Crippen LogP contribution in [0.2, 0.25) is 0 Å². The highest BCUT2D eigenvalue weighted by Gasteiger charge is 2.30. The molecule has 174 valence electrons. The SMILES string of the molecule is CCCCCCCCCCC(=O)C(C[N+](C)(C)C)OP(=O)([O-])OC[C@H](O)COS. The second-order valence-corrected chi connectivity index (χ2v) is 10.1. The molecule has 0 bridgehead atoms. The van der Waals surface area contributed by atoms with Crippen LogP contribution in [0.25, 0.3) is 0 Å². The molecule has 0 aliphatic heterocycles. The molecule has 0 aromatic rings. The highest BCUT2D eigenvalue weighted by Crippen LogP contribution is 2.40. The minimum Gasteiger partial charge on any atom is -0.756 e. The smallest absolute Gasteiger partial charge is 0.268 e. The van der Waals surface area contributed by atoms with Gasteiger partial charge in [-0.3, -0.25) is 9.36 Å². The maximum absolute atomic E-state index is 12.6. The van der Waals surface area contributed by atoms with Crippen molar-refractivity contribution in [2.24, 2.45) is 0 Å². The molecule has 29 heavy (non-hydrogen) atoms. The Morgan fingerprint density at radius 3 is 2.14 bits per heavy atom. The summed E-state index contributed by atoms with van der Waals surface area (Å²) >= 11 is 3.48. The van der Waals surface area contributed by atoms with E-state index in [-0.39, 0.29) is 25.4 Å². The molecule has 8 nitrogen and oxygen atoms in total. The lowest BCUT2D eigenvalue weighted by atomic mass is 10.0. The normalized spacial score (nSPS) is 16.4.